The Morgan fingerprint density at radius 3 is 2.59 bits per heavy atom. The summed E-state index contributed by atoms with van der Waals surface area (Å²) in [6, 6.07) is 10.7. The largest absolute Gasteiger partial charge is 0.425 e. The number of aromatic nitrogens is 3. The minimum absolute atomic E-state index is 0.147. The average Bonchev–Trinajstić information content (AvgIpc) is 3.28. The summed E-state index contributed by atoms with van der Waals surface area (Å²) >= 11 is 0. The molecule has 3 heterocycles. The lowest BCUT2D eigenvalue weighted by molar-refractivity contribution is 0.310. The normalized spacial score (nSPS) is 21.3. The molecule has 2 N–H and O–H groups in total. The number of hydrogen-bond donors (Lipinski definition) is 2. The Bertz CT molecular complexity index is 996. The molecule has 2 saturated heterocycles. The van der Waals surface area contributed by atoms with Crippen LogP contribution in [0, 0.1) is 0 Å². The third-order valence-electron chi connectivity index (χ3n) is 5.43. The van der Waals surface area contributed by atoms with Crippen molar-refractivity contribution in [2.24, 2.45) is 4.99 Å². The molecule has 9 nitrogen and oxygen atoms in total. The van der Waals surface area contributed by atoms with Crippen molar-refractivity contribution in [3.63, 3.8) is 0 Å². The van der Waals surface area contributed by atoms with Gasteiger partial charge in [-0.15, -0.1) is 0 Å². The number of ether oxygens (including phenoxy) is 1. The Hall–Kier alpha value is -3.30. The van der Waals surface area contributed by atoms with Crippen molar-refractivity contribution in [1.82, 2.24) is 30.7 Å². The van der Waals surface area contributed by atoms with Crippen molar-refractivity contribution < 1.29 is 4.74 Å². The lowest BCUT2D eigenvalue weighted by atomic mass is 10.1. The van der Waals surface area contributed by atoms with E-state index in [4.69, 9.17) is 4.74 Å². The molecule has 4 rings (SSSR count). The molecule has 0 spiro atoms. The predicted molar refractivity (Wildman–Crippen MR) is 126 cm³/mol. The first-order chi connectivity index (χ1) is 15.6. The number of hydrazine groups is 1. The summed E-state index contributed by atoms with van der Waals surface area (Å²) in [4.78, 5) is 22.8. The number of nitrogens with zero attached hydrogens (tertiary/aromatic N) is 6. The van der Waals surface area contributed by atoms with Crippen LogP contribution in [0.3, 0.4) is 0 Å². The second-order valence-electron chi connectivity index (χ2n) is 7.80. The first-order valence-electron chi connectivity index (χ1n) is 10.9. The molecule has 2 aromatic rings. The van der Waals surface area contributed by atoms with Gasteiger partial charge >= 0.3 is 6.01 Å². The van der Waals surface area contributed by atoms with Crippen LogP contribution in [0.1, 0.15) is 31.9 Å². The molecule has 0 bridgehead atoms. The van der Waals surface area contributed by atoms with Gasteiger partial charge in [0, 0.05) is 32.6 Å². The molecule has 32 heavy (non-hydrogen) atoms. The van der Waals surface area contributed by atoms with Crippen LogP contribution in [-0.4, -0.2) is 58.9 Å². The van der Waals surface area contributed by atoms with Gasteiger partial charge in [0.1, 0.15) is 11.6 Å². The van der Waals surface area contributed by atoms with E-state index in [1.807, 2.05) is 50.3 Å². The van der Waals surface area contributed by atoms with Gasteiger partial charge < -0.3 is 20.0 Å². The summed E-state index contributed by atoms with van der Waals surface area (Å²) in [5, 5.41) is 0. The summed E-state index contributed by atoms with van der Waals surface area (Å²) in [5.41, 5.74) is 7.65. The van der Waals surface area contributed by atoms with Gasteiger partial charge in [0.15, 0.2) is 0 Å². The molecule has 1 atom stereocenters. The van der Waals surface area contributed by atoms with Gasteiger partial charge in [0.05, 0.1) is 6.04 Å². The summed E-state index contributed by atoms with van der Waals surface area (Å²) in [7, 11) is 2.12. The Labute approximate surface area is 188 Å². The van der Waals surface area contributed by atoms with Gasteiger partial charge in [0.25, 0.3) is 5.95 Å². The SMILES string of the molecule is C/C=C\C(=C/C)Oc1nc(N=C2CC(c3ccccc3)NN2)nc(N2CCN(C)CC2)n1. The van der Waals surface area contributed by atoms with E-state index in [1.165, 1.54) is 5.56 Å². The quantitative estimate of drug-likeness (QED) is 0.530. The molecule has 0 amide bonds. The first kappa shape index (κ1) is 21.9. The molecule has 168 valence electrons. The number of benzene rings is 1. The van der Waals surface area contributed by atoms with E-state index in [9.17, 15) is 0 Å². The number of amidine groups is 1. The Morgan fingerprint density at radius 2 is 1.88 bits per heavy atom. The molecule has 0 saturated carbocycles. The molecular weight excluding hydrogens is 404 g/mol. The highest BCUT2D eigenvalue weighted by Gasteiger charge is 2.23. The number of piperazine rings is 1. The highest BCUT2D eigenvalue weighted by atomic mass is 16.5. The van der Waals surface area contributed by atoms with Crippen LogP contribution < -0.4 is 20.5 Å². The molecule has 1 aromatic carbocycles. The minimum Gasteiger partial charge on any atom is -0.425 e. The Kier molecular flexibility index (Phi) is 7.08. The van der Waals surface area contributed by atoms with Crippen molar-refractivity contribution in [2.75, 3.05) is 38.1 Å². The van der Waals surface area contributed by atoms with Crippen LogP contribution in [0.25, 0.3) is 0 Å². The fourth-order valence-electron chi connectivity index (χ4n) is 3.58. The number of allylic oxidation sites excluding steroid dienone is 3. The molecule has 2 aliphatic rings. The second kappa shape index (κ2) is 10.3. The van der Waals surface area contributed by atoms with Gasteiger partial charge in [-0.05, 0) is 38.6 Å². The van der Waals surface area contributed by atoms with E-state index in [0.29, 0.717) is 24.1 Å². The monoisotopic (exact) mass is 434 g/mol. The maximum atomic E-state index is 5.92. The van der Waals surface area contributed by atoms with Gasteiger partial charge in [0.2, 0.25) is 5.95 Å². The fourth-order valence-corrected chi connectivity index (χ4v) is 3.58. The molecule has 2 aliphatic heterocycles. The first-order valence-corrected chi connectivity index (χ1v) is 10.9. The van der Waals surface area contributed by atoms with Gasteiger partial charge in [-0.1, -0.05) is 36.4 Å². The summed E-state index contributed by atoms with van der Waals surface area (Å²) in [6.45, 7) is 7.45. The van der Waals surface area contributed by atoms with Crippen molar-refractivity contribution in [1.29, 1.82) is 0 Å². The molecular formula is C23H30N8O. The standard InChI is InChI=1S/C23H30N8O/c1-4-9-18(5-2)32-23-26-21(25-22(27-23)31-14-12-30(3)13-15-31)24-20-16-19(28-29-20)17-10-7-6-8-11-17/h4-11,19,28H,12-16H2,1-3H3,(H,24,25,26,27,29)/b9-4-,18-5+. The molecule has 2 fully saturated rings. The van der Waals surface area contributed by atoms with E-state index >= 15 is 0 Å². The van der Waals surface area contributed by atoms with Crippen LogP contribution >= 0.6 is 0 Å². The van der Waals surface area contributed by atoms with Gasteiger partial charge in [-0.2, -0.15) is 19.9 Å². The zero-order chi connectivity index (χ0) is 22.3. The highest BCUT2D eigenvalue weighted by Crippen LogP contribution is 2.23. The Balaban J connectivity index is 1.59. The number of likely N-dealkylation sites (N-methyl/N-ethyl adjacent to an activating group) is 1. The zero-order valence-electron chi connectivity index (χ0n) is 18.8. The third kappa shape index (κ3) is 5.49. The lowest BCUT2D eigenvalue weighted by Crippen LogP contribution is -2.45. The number of nitrogens with one attached hydrogen (secondary N) is 2. The van der Waals surface area contributed by atoms with E-state index in [2.05, 4.69) is 59.8 Å². The topological polar surface area (TPSA) is 90.8 Å². The van der Waals surface area contributed by atoms with E-state index in [0.717, 1.165) is 32.0 Å². The van der Waals surface area contributed by atoms with Crippen LogP contribution in [0.15, 0.2) is 59.3 Å². The van der Waals surface area contributed by atoms with E-state index in [-0.39, 0.29) is 12.1 Å². The Morgan fingerprint density at radius 1 is 1.09 bits per heavy atom. The lowest BCUT2D eigenvalue weighted by Gasteiger charge is -2.32. The van der Waals surface area contributed by atoms with Crippen LogP contribution in [0.5, 0.6) is 6.01 Å². The maximum absolute atomic E-state index is 5.92. The van der Waals surface area contributed by atoms with Crippen molar-refractivity contribution in [3.05, 3.63) is 59.9 Å². The van der Waals surface area contributed by atoms with Crippen LogP contribution in [0.4, 0.5) is 11.9 Å². The molecule has 1 unspecified atom stereocenters. The number of rotatable bonds is 6. The van der Waals surface area contributed by atoms with Crippen molar-refractivity contribution in [2.45, 2.75) is 26.3 Å². The predicted octanol–water partition coefficient (Wildman–Crippen LogP) is 2.75. The second-order valence-corrected chi connectivity index (χ2v) is 7.80. The summed E-state index contributed by atoms with van der Waals surface area (Å²) in [5.74, 6) is 2.37. The van der Waals surface area contributed by atoms with Crippen LogP contribution in [-0.2, 0) is 0 Å². The van der Waals surface area contributed by atoms with E-state index < -0.39 is 0 Å². The minimum atomic E-state index is 0.147. The zero-order valence-corrected chi connectivity index (χ0v) is 18.8. The number of hydrogen-bond acceptors (Lipinski definition) is 8. The highest BCUT2D eigenvalue weighted by molar-refractivity contribution is 5.86. The molecule has 0 aliphatic carbocycles. The smallest absolute Gasteiger partial charge is 0.328 e. The summed E-state index contributed by atoms with van der Waals surface area (Å²) < 4.78 is 5.92. The fraction of sp³-hybridized carbons (Fsp3) is 0.391. The summed E-state index contributed by atoms with van der Waals surface area (Å²) in [6.07, 6.45) is 6.38. The number of aliphatic imine (C=N–C) groups is 1. The van der Waals surface area contributed by atoms with E-state index in [1.54, 1.807) is 0 Å². The van der Waals surface area contributed by atoms with Crippen molar-refractivity contribution in [3.8, 4) is 6.01 Å². The average molecular weight is 435 g/mol. The molecule has 1 aromatic heterocycles. The maximum Gasteiger partial charge on any atom is 0.328 e. The van der Waals surface area contributed by atoms with Gasteiger partial charge in [-0.3, -0.25) is 0 Å². The van der Waals surface area contributed by atoms with Crippen LogP contribution in [0.2, 0.25) is 0 Å². The van der Waals surface area contributed by atoms with Gasteiger partial charge in [-0.25, -0.2) is 5.43 Å². The third-order valence-corrected chi connectivity index (χ3v) is 5.43. The van der Waals surface area contributed by atoms with Crippen molar-refractivity contribution >= 4 is 17.7 Å². The molecule has 9 heteroatoms. The number of anilines is 1. The molecule has 0 radical (unpaired) electrons.